The summed E-state index contributed by atoms with van der Waals surface area (Å²) in [4.78, 5) is 13.3. The molecule has 86 valence electrons. The van der Waals surface area contributed by atoms with Gasteiger partial charge in [0.2, 0.25) is 0 Å². The molecule has 1 saturated carbocycles. The first-order chi connectivity index (χ1) is 6.80. The summed E-state index contributed by atoms with van der Waals surface area (Å²) in [6.07, 6.45) is 1.74. The molecule has 0 bridgehead atoms. The maximum absolute atomic E-state index is 11.4. The molecule has 1 aliphatic heterocycles. The van der Waals surface area contributed by atoms with E-state index in [-0.39, 0.29) is 14.7 Å². The van der Waals surface area contributed by atoms with Crippen molar-refractivity contribution >= 4 is 38.0 Å². The molecule has 0 spiro atoms. The quantitative estimate of drug-likeness (QED) is 0.501. The van der Waals surface area contributed by atoms with Gasteiger partial charge < -0.3 is 4.74 Å². The molecule has 0 unspecified atom stereocenters. The Morgan fingerprint density at radius 3 is 2.00 bits per heavy atom. The Bertz CT molecular complexity index is 282. The number of fused-ring (bicyclic) bond motifs is 1. The second kappa shape index (κ2) is 3.36. The van der Waals surface area contributed by atoms with Gasteiger partial charge in [-0.3, -0.25) is 4.90 Å². The van der Waals surface area contributed by atoms with Crippen LogP contribution in [0.4, 0.5) is 4.79 Å². The zero-order valence-corrected chi connectivity index (χ0v) is 12.3. The van der Waals surface area contributed by atoms with Crippen molar-refractivity contribution in [3.63, 3.8) is 0 Å². The minimum Gasteiger partial charge on any atom is -0.453 e. The summed E-state index contributed by atoms with van der Waals surface area (Å²) in [5.41, 5.74) is 0. The standard InChI is InChI=1S/C10H15Br2NO2/c1-9(11)4-6-7(5-10(9,2)12)13(6)8(14)15-3/h6-7H,4-5H2,1-3H3/t6-,7-,9-,10+,13?/m0/s1. The van der Waals surface area contributed by atoms with Crippen LogP contribution in [-0.2, 0) is 4.74 Å². The summed E-state index contributed by atoms with van der Waals surface area (Å²) >= 11 is 7.51. The van der Waals surface area contributed by atoms with Crippen LogP contribution in [0, 0.1) is 0 Å². The Morgan fingerprint density at radius 2 is 1.67 bits per heavy atom. The van der Waals surface area contributed by atoms with E-state index in [1.165, 1.54) is 7.11 Å². The van der Waals surface area contributed by atoms with Crippen LogP contribution < -0.4 is 0 Å². The fourth-order valence-corrected chi connectivity index (χ4v) is 3.38. The second-order valence-corrected chi connectivity index (χ2v) is 8.32. The molecule has 1 amide bonds. The summed E-state index contributed by atoms with van der Waals surface area (Å²) < 4.78 is 4.82. The number of likely N-dealkylation sites (tertiary alicyclic amines) is 1. The number of methoxy groups -OCH3 is 1. The number of carbonyl (C=O) groups excluding carboxylic acids is 1. The summed E-state index contributed by atoms with van der Waals surface area (Å²) in [5.74, 6) is 0. The molecule has 1 aliphatic carbocycles. The molecule has 0 radical (unpaired) electrons. The Morgan fingerprint density at radius 1 is 1.27 bits per heavy atom. The average molecular weight is 341 g/mol. The molecule has 15 heavy (non-hydrogen) atoms. The number of alkyl halides is 2. The van der Waals surface area contributed by atoms with Gasteiger partial charge in [0.15, 0.2) is 0 Å². The molecule has 2 fully saturated rings. The summed E-state index contributed by atoms with van der Waals surface area (Å²) in [7, 11) is 1.44. The van der Waals surface area contributed by atoms with Gasteiger partial charge in [-0.25, -0.2) is 4.79 Å². The maximum Gasteiger partial charge on any atom is 0.410 e. The van der Waals surface area contributed by atoms with Gasteiger partial charge >= 0.3 is 6.09 Å². The molecular weight excluding hydrogens is 326 g/mol. The molecule has 2 aliphatic rings. The minimum atomic E-state index is -0.196. The van der Waals surface area contributed by atoms with Crippen molar-refractivity contribution in [2.45, 2.75) is 47.4 Å². The smallest absolute Gasteiger partial charge is 0.410 e. The highest BCUT2D eigenvalue weighted by Crippen LogP contribution is 2.56. The van der Waals surface area contributed by atoms with Gasteiger partial charge in [-0.05, 0) is 26.7 Å². The van der Waals surface area contributed by atoms with Crippen LogP contribution in [0.2, 0.25) is 0 Å². The molecule has 0 N–H and O–H groups in total. The molecular formula is C10H15Br2NO2. The van der Waals surface area contributed by atoms with E-state index < -0.39 is 0 Å². The third kappa shape index (κ3) is 1.71. The number of hydrogen-bond acceptors (Lipinski definition) is 2. The van der Waals surface area contributed by atoms with Crippen LogP contribution in [-0.4, -0.2) is 38.8 Å². The highest BCUT2D eigenvalue weighted by molar-refractivity contribution is 9.13. The van der Waals surface area contributed by atoms with E-state index in [2.05, 4.69) is 45.7 Å². The zero-order valence-electron chi connectivity index (χ0n) is 9.09. The fraction of sp³-hybridized carbons (Fsp3) is 0.900. The predicted octanol–water partition coefficient (Wildman–Crippen LogP) is 2.91. The Labute approximate surface area is 107 Å². The third-order valence-corrected chi connectivity index (χ3v) is 6.66. The van der Waals surface area contributed by atoms with Gasteiger partial charge in [0.1, 0.15) is 0 Å². The van der Waals surface area contributed by atoms with Crippen LogP contribution in [0.3, 0.4) is 0 Å². The largest absolute Gasteiger partial charge is 0.453 e. The SMILES string of the molecule is COC(=O)N1[C@H]2C[C@](C)(Br)[C@](C)(Br)C[C@@H]21. The van der Waals surface area contributed by atoms with Crippen molar-refractivity contribution in [3.8, 4) is 0 Å². The Balaban J connectivity index is 2.12. The molecule has 0 aromatic rings. The van der Waals surface area contributed by atoms with Crippen LogP contribution in [0.15, 0.2) is 0 Å². The van der Waals surface area contributed by atoms with Gasteiger partial charge in [0.05, 0.1) is 19.2 Å². The van der Waals surface area contributed by atoms with Crippen molar-refractivity contribution in [3.05, 3.63) is 0 Å². The fourth-order valence-electron chi connectivity index (χ4n) is 2.39. The van der Waals surface area contributed by atoms with Crippen LogP contribution in [0.25, 0.3) is 0 Å². The van der Waals surface area contributed by atoms with Crippen molar-refractivity contribution < 1.29 is 9.53 Å². The molecule has 0 aromatic carbocycles. The third-order valence-electron chi connectivity index (χ3n) is 3.73. The number of carbonyl (C=O) groups is 1. The van der Waals surface area contributed by atoms with Crippen LogP contribution in [0.5, 0.6) is 0 Å². The lowest BCUT2D eigenvalue weighted by atomic mass is 9.81. The van der Waals surface area contributed by atoms with E-state index in [1.807, 2.05) is 4.90 Å². The van der Waals surface area contributed by atoms with E-state index in [9.17, 15) is 4.79 Å². The van der Waals surface area contributed by atoms with Crippen molar-refractivity contribution in [1.29, 1.82) is 0 Å². The molecule has 3 nitrogen and oxygen atoms in total. The zero-order chi connectivity index (χ0) is 11.4. The predicted molar refractivity (Wildman–Crippen MR) is 65.7 cm³/mol. The maximum atomic E-state index is 11.4. The lowest BCUT2D eigenvalue weighted by molar-refractivity contribution is 0.150. The normalized spacial score (nSPS) is 48.5. The monoisotopic (exact) mass is 339 g/mol. The molecule has 0 aromatic heterocycles. The Hall–Kier alpha value is 0.230. The van der Waals surface area contributed by atoms with Gasteiger partial charge in [0.25, 0.3) is 0 Å². The van der Waals surface area contributed by atoms with Gasteiger partial charge in [-0.1, -0.05) is 31.9 Å². The van der Waals surface area contributed by atoms with Gasteiger partial charge in [-0.2, -0.15) is 0 Å². The summed E-state index contributed by atoms with van der Waals surface area (Å²) in [6, 6.07) is 0.708. The molecule has 4 atom stereocenters. The first-order valence-electron chi connectivity index (χ1n) is 5.04. The number of rotatable bonds is 0. The van der Waals surface area contributed by atoms with Gasteiger partial charge in [0, 0.05) is 8.65 Å². The minimum absolute atomic E-state index is 0.0317. The number of amides is 1. The molecule has 1 saturated heterocycles. The van der Waals surface area contributed by atoms with E-state index in [0.717, 1.165) is 12.8 Å². The topological polar surface area (TPSA) is 29.3 Å². The highest BCUT2D eigenvalue weighted by atomic mass is 79.9. The molecule has 5 heteroatoms. The van der Waals surface area contributed by atoms with E-state index in [0.29, 0.717) is 12.1 Å². The lowest BCUT2D eigenvalue weighted by Crippen LogP contribution is -2.45. The van der Waals surface area contributed by atoms with Crippen LogP contribution >= 0.6 is 31.9 Å². The first-order valence-corrected chi connectivity index (χ1v) is 6.63. The van der Waals surface area contributed by atoms with Gasteiger partial charge in [-0.15, -0.1) is 0 Å². The average Bonchev–Trinajstić information content (AvgIpc) is 2.74. The van der Waals surface area contributed by atoms with E-state index >= 15 is 0 Å². The Kier molecular flexibility index (Phi) is 2.62. The summed E-state index contributed by atoms with van der Waals surface area (Å²) in [5, 5.41) is 0. The van der Waals surface area contributed by atoms with Crippen molar-refractivity contribution in [2.75, 3.05) is 7.11 Å². The highest BCUT2D eigenvalue weighted by Gasteiger charge is 2.63. The van der Waals surface area contributed by atoms with E-state index in [4.69, 9.17) is 4.74 Å². The number of hydrogen-bond donors (Lipinski definition) is 0. The first kappa shape index (κ1) is 11.7. The summed E-state index contributed by atoms with van der Waals surface area (Å²) in [6.45, 7) is 4.34. The number of halogens is 2. The lowest BCUT2D eigenvalue weighted by Gasteiger charge is -2.40. The molecule has 2 rings (SSSR count). The van der Waals surface area contributed by atoms with E-state index in [1.54, 1.807) is 0 Å². The number of ether oxygens (including phenoxy) is 1. The van der Waals surface area contributed by atoms with Crippen LogP contribution in [0.1, 0.15) is 26.7 Å². The molecule has 1 heterocycles. The van der Waals surface area contributed by atoms with Crippen molar-refractivity contribution in [1.82, 2.24) is 4.90 Å². The second-order valence-electron chi connectivity index (χ2n) is 4.82. The number of nitrogens with zero attached hydrogens (tertiary/aromatic N) is 1. The van der Waals surface area contributed by atoms with Crippen molar-refractivity contribution in [2.24, 2.45) is 0 Å².